The summed E-state index contributed by atoms with van der Waals surface area (Å²) >= 11 is 6.21. The predicted octanol–water partition coefficient (Wildman–Crippen LogP) is 2.93. The Morgan fingerprint density at radius 1 is 1.09 bits per heavy atom. The zero-order valence-electron chi connectivity index (χ0n) is 11.5. The van der Waals surface area contributed by atoms with Crippen LogP contribution >= 0.6 is 11.6 Å². The summed E-state index contributed by atoms with van der Waals surface area (Å²) in [6, 6.07) is 9.76. The van der Waals surface area contributed by atoms with Crippen LogP contribution in [-0.2, 0) is 9.53 Å². The highest BCUT2D eigenvalue weighted by Gasteiger charge is 2.28. The highest BCUT2D eigenvalue weighted by atomic mass is 35.5. The van der Waals surface area contributed by atoms with Gasteiger partial charge in [0.05, 0.1) is 23.9 Å². The van der Waals surface area contributed by atoms with Crippen molar-refractivity contribution in [1.82, 2.24) is 0 Å². The second-order valence-corrected chi connectivity index (χ2v) is 5.14. The molecule has 3 rings (SSSR count). The highest BCUT2D eigenvalue weighted by molar-refractivity contribution is 6.51. The number of ketones is 1. The molecule has 1 N–H and O–H groups in total. The number of amides is 1. The van der Waals surface area contributed by atoms with Gasteiger partial charge in [-0.2, -0.15) is 0 Å². The molecule has 1 amide bonds. The molecule has 2 aromatic carbocycles. The molecule has 6 heteroatoms. The molecule has 1 aliphatic rings. The number of hydrogen-bond acceptors (Lipinski definition) is 4. The number of fused-ring (bicyclic) bond motifs is 1. The Balaban J connectivity index is 2.04. The van der Waals surface area contributed by atoms with Crippen molar-refractivity contribution in [2.45, 2.75) is 0 Å². The van der Waals surface area contributed by atoms with Crippen molar-refractivity contribution in [3.63, 3.8) is 0 Å². The molecule has 0 saturated heterocycles. The molecule has 2 aromatic rings. The third-order valence-corrected chi connectivity index (χ3v) is 3.73. The fourth-order valence-corrected chi connectivity index (χ4v) is 2.59. The second kappa shape index (κ2) is 5.27. The van der Waals surface area contributed by atoms with Gasteiger partial charge in [0.2, 0.25) is 0 Å². The van der Waals surface area contributed by atoms with E-state index in [0.29, 0.717) is 33.0 Å². The van der Waals surface area contributed by atoms with Crippen LogP contribution in [0.25, 0.3) is 11.1 Å². The van der Waals surface area contributed by atoms with Gasteiger partial charge in [-0.05, 0) is 29.8 Å². The Labute approximate surface area is 130 Å². The predicted molar refractivity (Wildman–Crippen MR) is 81.2 cm³/mol. The minimum atomic E-state index is -0.640. The molecule has 0 unspecified atom stereocenters. The molecule has 0 saturated carbocycles. The average Bonchev–Trinajstić information content (AvgIpc) is 2.81. The standard InChI is InChI=1S/C16H10ClNO4/c1-22-16(21)9-2-4-10(12(17)7-9)8-3-5-13-11(6-8)14(19)15(20)18-13/h2-7H,1H3,(H,18,19,20). The van der Waals surface area contributed by atoms with E-state index in [4.69, 9.17) is 11.6 Å². The Hall–Kier alpha value is -2.66. The van der Waals surface area contributed by atoms with Crippen LogP contribution in [-0.4, -0.2) is 24.8 Å². The maximum absolute atomic E-state index is 11.7. The van der Waals surface area contributed by atoms with Crippen molar-refractivity contribution >= 4 is 34.9 Å². The van der Waals surface area contributed by atoms with E-state index < -0.39 is 17.7 Å². The lowest BCUT2D eigenvalue weighted by Gasteiger charge is -2.08. The van der Waals surface area contributed by atoms with Gasteiger partial charge in [-0.3, -0.25) is 9.59 Å². The number of Topliss-reactive ketones (excluding diaryl/α,β-unsaturated/α-hetero) is 1. The average molecular weight is 316 g/mol. The lowest BCUT2D eigenvalue weighted by Crippen LogP contribution is -2.12. The van der Waals surface area contributed by atoms with Crippen LogP contribution in [0.2, 0.25) is 5.02 Å². The van der Waals surface area contributed by atoms with Crippen LogP contribution < -0.4 is 5.32 Å². The molecule has 1 aliphatic heterocycles. The molecule has 0 atom stereocenters. The first-order valence-corrected chi connectivity index (χ1v) is 6.77. The molecule has 22 heavy (non-hydrogen) atoms. The number of benzene rings is 2. The van der Waals surface area contributed by atoms with Crippen molar-refractivity contribution < 1.29 is 19.1 Å². The molecule has 1 heterocycles. The first kappa shape index (κ1) is 14.3. The van der Waals surface area contributed by atoms with Gasteiger partial charge in [0.1, 0.15) is 0 Å². The molecule has 0 radical (unpaired) electrons. The van der Waals surface area contributed by atoms with E-state index in [1.54, 1.807) is 30.3 Å². The fraction of sp³-hybridized carbons (Fsp3) is 0.0625. The van der Waals surface area contributed by atoms with Crippen LogP contribution in [0.1, 0.15) is 20.7 Å². The zero-order chi connectivity index (χ0) is 15.9. The van der Waals surface area contributed by atoms with E-state index in [0.717, 1.165) is 0 Å². The van der Waals surface area contributed by atoms with Gasteiger partial charge in [-0.1, -0.05) is 23.7 Å². The van der Waals surface area contributed by atoms with Gasteiger partial charge in [0.25, 0.3) is 11.7 Å². The van der Waals surface area contributed by atoms with Crippen molar-refractivity contribution in [3.8, 4) is 11.1 Å². The van der Waals surface area contributed by atoms with E-state index >= 15 is 0 Å². The monoisotopic (exact) mass is 315 g/mol. The number of carbonyl (C=O) groups is 3. The Bertz CT molecular complexity index is 829. The first-order chi connectivity index (χ1) is 10.5. The number of carbonyl (C=O) groups excluding carboxylic acids is 3. The quantitative estimate of drug-likeness (QED) is 0.683. The molecular weight excluding hydrogens is 306 g/mol. The smallest absolute Gasteiger partial charge is 0.337 e. The van der Waals surface area contributed by atoms with E-state index in [9.17, 15) is 14.4 Å². The summed E-state index contributed by atoms with van der Waals surface area (Å²) in [5, 5.41) is 2.84. The summed E-state index contributed by atoms with van der Waals surface area (Å²) in [6.45, 7) is 0. The van der Waals surface area contributed by atoms with Gasteiger partial charge in [0, 0.05) is 10.6 Å². The second-order valence-electron chi connectivity index (χ2n) is 4.73. The summed E-state index contributed by atoms with van der Waals surface area (Å²) in [5.41, 5.74) is 2.48. The fourth-order valence-electron chi connectivity index (χ4n) is 2.30. The SMILES string of the molecule is COC(=O)c1ccc(-c2ccc3c(c2)C(=O)C(=O)N3)c(Cl)c1. The normalized spacial score (nSPS) is 12.8. The number of ether oxygens (including phenoxy) is 1. The number of esters is 1. The number of rotatable bonds is 2. The number of nitrogens with one attached hydrogen (secondary N) is 1. The van der Waals surface area contributed by atoms with Crippen LogP contribution in [0, 0.1) is 0 Å². The van der Waals surface area contributed by atoms with E-state index in [1.165, 1.54) is 13.2 Å². The van der Waals surface area contributed by atoms with Gasteiger partial charge in [-0.15, -0.1) is 0 Å². The van der Waals surface area contributed by atoms with Gasteiger partial charge in [-0.25, -0.2) is 4.79 Å². The molecule has 5 nitrogen and oxygen atoms in total. The van der Waals surface area contributed by atoms with E-state index in [2.05, 4.69) is 10.1 Å². The van der Waals surface area contributed by atoms with Gasteiger partial charge < -0.3 is 10.1 Å². The Morgan fingerprint density at radius 3 is 2.55 bits per heavy atom. The van der Waals surface area contributed by atoms with E-state index in [-0.39, 0.29) is 0 Å². The molecule has 0 fully saturated rings. The Morgan fingerprint density at radius 2 is 1.86 bits per heavy atom. The summed E-state index contributed by atoms with van der Waals surface area (Å²) in [6.07, 6.45) is 0. The van der Waals surface area contributed by atoms with Crippen LogP contribution in [0.3, 0.4) is 0 Å². The first-order valence-electron chi connectivity index (χ1n) is 6.39. The summed E-state index contributed by atoms with van der Waals surface area (Å²) in [4.78, 5) is 34.6. The summed E-state index contributed by atoms with van der Waals surface area (Å²) in [7, 11) is 1.29. The van der Waals surface area contributed by atoms with Crippen molar-refractivity contribution in [3.05, 3.63) is 52.5 Å². The number of anilines is 1. The number of halogens is 1. The molecule has 110 valence electrons. The van der Waals surface area contributed by atoms with Crippen molar-refractivity contribution in [1.29, 1.82) is 0 Å². The molecule has 0 aliphatic carbocycles. The van der Waals surface area contributed by atoms with Crippen LogP contribution in [0.5, 0.6) is 0 Å². The third-order valence-electron chi connectivity index (χ3n) is 3.42. The van der Waals surface area contributed by atoms with Gasteiger partial charge in [0.15, 0.2) is 0 Å². The van der Waals surface area contributed by atoms with Crippen molar-refractivity contribution in [2.24, 2.45) is 0 Å². The molecule has 0 aromatic heterocycles. The Kier molecular flexibility index (Phi) is 3.42. The van der Waals surface area contributed by atoms with E-state index in [1.807, 2.05) is 0 Å². The zero-order valence-corrected chi connectivity index (χ0v) is 12.2. The van der Waals surface area contributed by atoms with Crippen molar-refractivity contribution in [2.75, 3.05) is 12.4 Å². The maximum Gasteiger partial charge on any atom is 0.337 e. The number of hydrogen-bond donors (Lipinski definition) is 1. The number of methoxy groups -OCH3 is 1. The van der Waals surface area contributed by atoms with Gasteiger partial charge >= 0.3 is 5.97 Å². The largest absolute Gasteiger partial charge is 0.465 e. The summed E-state index contributed by atoms with van der Waals surface area (Å²) in [5.74, 6) is -1.69. The molecule has 0 bridgehead atoms. The lowest BCUT2D eigenvalue weighted by atomic mass is 10.00. The minimum absolute atomic E-state index is 0.315. The van der Waals surface area contributed by atoms with Crippen LogP contribution in [0.4, 0.5) is 5.69 Å². The van der Waals surface area contributed by atoms with Crippen LogP contribution in [0.15, 0.2) is 36.4 Å². The summed E-state index contributed by atoms with van der Waals surface area (Å²) < 4.78 is 4.64. The lowest BCUT2D eigenvalue weighted by molar-refractivity contribution is -0.112. The topological polar surface area (TPSA) is 72.5 Å². The molecular formula is C16H10ClNO4. The molecule has 0 spiro atoms. The highest BCUT2D eigenvalue weighted by Crippen LogP contribution is 2.33. The minimum Gasteiger partial charge on any atom is -0.465 e. The third kappa shape index (κ3) is 2.25. The maximum atomic E-state index is 11.7.